The summed E-state index contributed by atoms with van der Waals surface area (Å²) >= 11 is 0. The van der Waals surface area contributed by atoms with Gasteiger partial charge in [-0.2, -0.15) is 0 Å². The summed E-state index contributed by atoms with van der Waals surface area (Å²) in [4.78, 5) is 24.3. The van der Waals surface area contributed by atoms with Gasteiger partial charge in [0.1, 0.15) is 6.04 Å². The number of aryl methyl sites for hydroxylation is 1. The Morgan fingerprint density at radius 1 is 1.43 bits per heavy atom. The molecule has 6 heteroatoms. The fraction of sp³-hybridized carbons (Fsp3) is 0.333. The van der Waals surface area contributed by atoms with Crippen molar-refractivity contribution in [3.05, 3.63) is 35.4 Å². The molecule has 1 aromatic rings. The first kappa shape index (κ1) is 15.1. The van der Waals surface area contributed by atoms with E-state index in [-0.39, 0.29) is 13.0 Å². The largest absolute Gasteiger partial charge is 0.480 e. The van der Waals surface area contributed by atoms with Gasteiger partial charge in [-0.1, -0.05) is 6.07 Å². The van der Waals surface area contributed by atoms with Crippen molar-refractivity contribution in [1.29, 1.82) is 0 Å². The van der Waals surface area contributed by atoms with Crippen LogP contribution in [0.3, 0.4) is 0 Å². The van der Waals surface area contributed by atoms with Crippen molar-refractivity contribution in [3.63, 3.8) is 0 Å². The Labute approximate surface area is 122 Å². The molecule has 1 aromatic carbocycles. The van der Waals surface area contributed by atoms with Gasteiger partial charge in [-0.3, -0.25) is 4.79 Å². The lowest BCUT2D eigenvalue weighted by atomic mass is 10.1. The van der Waals surface area contributed by atoms with Crippen LogP contribution < -0.4 is 5.73 Å². The van der Waals surface area contributed by atoms with Gasteiger partial charge in [0, 0.05) is 24.7 Å². The predicted octanol–water partition coefficient (Wildman–Crippen LogP) is 0.637. The summed E-state index contributed by atoms with van der Waals surface area (Å²) in [6.45, 7) is 1.91. The number of β-amino-alcohol motifs (C(OH)–C–C–N with tert-alkyl or cyclic N) is 1. The maximum absolute atomic E-state index is 12.1. The fourth-order valence-electron chi connectivity index (χ4n) is 2.36. The molecule has 1 saturated heterocycles. The molecule has 0 bridgehead atoms. The first-order valence-corrected chi connectivity index (χ1v) is 6.64. The third-order valence-corrected chi connectivity index (χ3v) is 3.56. The van der Waals surface area contributed by atoms with E-state index >= 15 is 0 Å². The number of hydrogen-bond donors (Lipinski definition) is 3. The lowest BCUT2D eigenvalue weighted by molar-refractivity contribution is -0.146. The van der Waals surface area contributed by atoms with E-state index in [1.54, 1.807) is 18.2 Å². The topological polar surface area (TPSA) is 104 Å². The van der Waals surface area contributed by atoms with Crippen molar-refractivity contribution in [2.75, 3.05) is 12.3 Å². The molecule has 21 heavy (non-hydrogen) atoms. The molecular weight excluding hydrogens is 272 g/mol. The number of rotatable bonds is 3. The Morgan fingerprint density at radius 2 is 2.14 bits per heavy atom. The van der Waals surface area contributed by atoms with E-state index in [4.69, 9.17) is 10.8 Å². The number of hydrogen-bond acceptors (Lipinski definition) is 4. The van der Waals surface area contributed by atoms with E-state index in [0.29, 0.717) is 5.69 Å². The molecule has 1 heterocycles. The van der Waals surface area contributed by atoms with E-state index in [1.807, 2.05) is 13.0 Å². The fourth-order valence-corrected chi connectivity index (χ4v) is 2.36. The summed E-state index contributed by atoms with van der Waals surface area (Å²) in [5.74, 6) is -1.52. The molecule has 0 radical (unpaired) electrons. The summed E-state index contributed by atoms with van der Waals surface area (Å²) in [6, 6.07) is 4.40. The van der Waals surface area contributed by atoms with Crippen molar-refractivity contribution in [2.45, 2.75) is 25.5 Å². The molecule has 0 spiro atoms. The molecule has 1 amide bonds. The van der Waals surface area contributed by atoms with Gasteiger partial charge in [-0.25, -0.2) is 4.79 Å². The molecule has 4 N–H and O–H groups in total. The number of aliphatic hydroxyl groups excluding tert-OH is 1. The van der Waals surface area contributed by atoms with Crippen LogP contribution in [0.15, 0.2) is 24.3 Å². The SMILES string of the molecule is Cc1cc(C=CC(=O)N2CC(O)CC2C(=O)O)ccc1N. The minimum absolute atomic E-state index is 0.0426. The zero-order chi connectivity index (χ0) is 15.6. The van der Waals surface area contributed by atoms with Crippen molar-refractivity contribution in [2.24, 2.45) is 0 Å². The summed E-state index contributed by atoms with van der Waals surface area (Å²) in [7, 11) is 0. The normalized spacial score (nSPS) is 21.9. The monoisotopic (exact) mass is 290 g/mol. The molecule has 1 fully saturated rings. The van der Waals surface area contributed by atoms with Crippen LogP contribution in [0.2, 0.25) is 0 Å². The molecule has 2 unspecified atom stereocenters. The van der Waals surface area contributed by atoms with Crippen LogP contribution in [-0.4, -0.2) is 45.7 Å². The first-order chi connectivity index (χ1) is 9.88. The highest BCUT2D eigenvalue weighted by molar-refractivity contribution is 5.95. The van der Waals surface area contributed by atoms with Crippen LogP contribution in [-0.2, 0) is 9.59 Å². The molecule has 2 rings (SSSR count). The standard InChI is InChI=1S/C15H18N2O4/c1-9-6-10(2-4-12(9)16)3-5-14(19)17-8-11(18)7-13(17)15(20)21/h2-6,11,13,18H,7-8,16H2,1H3,(H,20,21). The van der Waals surface area contributed by atoms with E-state index in [2.05, 4.69) is 0 Å². The van der Waals surface area contributed by atoms with Gasteiger partial charge in [0.25, 0.3) is 0 Å². The molecule has 0 aliphatic carbocycles. The van der Waals surface area contributed by atoms with Gasteiger partial charge in [-0.05, 0) is 36.3 Å². The first-order valence-electron chi connectivity index (χ1n) is 6.64. The number of nitrogen functional groups attached to an aromatic ring is 1. The van der Waals surface area contributed by atoms with Gasteiger partial charge in [0.2, 0.25) is 5.91 Å². The van der Waals surface area contributed by atoms with E-state index < -0.39 is 24.0 Å². The van der Waals surface area contributed by atoms with E-state index in [1.165, 1.54) is 11.0 Å². The maximum atomic E-state index is 12.1. The average Bonchev–Trinajstić information content (AvgIpc) is 2.82. The molecular formula is C15H18N2O4. The maximum Gasteiger partial charge on any atom is 0.326 e. The predicted molar refractivity (Wildman–Crippen MR) is 78.4 cm³/mol. The van der Waals surface area contributed by atoms with Crippen LogP contribution >= 0.6 is 0 Å². The number of carboxylic acids is 1. The molecule has 0 aromatic heterocycles. The van der Waals surface area contributed by atoms with Gasteiger partial charge >= 0.3 is 5.97 Å². The van der Waals surface area contributed by atoms with Crippen LogP contribution in [0.4, 0.5) is 5.69 Å². The third-order valence-electron chi connectivity index (χ3n) is 3.56. The van der Waals surface area contributed by atoms with E-state index in [0.717, 1.165) is 11.1 Å². The molecule has 0 saturated carbocycles. The lowest BCUT2D eigenvalue weighted by Gasteiger charge is -2.19. The molecule has 1 aliphatic heterocycles. The second-order valence-electron chi connectivity index (χ2n) is 5.18. The zero-order valence-electron chi connectivity index (χ0n) is 11.7. The van der Waals surface area contributed by atoms with Crippen molar-refractivity contribution in [1.82, 2.24) is 4.90 Å². The number of nitrogens with two attached hydrogens (primary N) is 1. The molecule has 112 valence electrons. The smallest absolute Gasteiger partial charge is 0.326 e. The number of benzene rings is 1. The summed E-state index contributed by atoms with van der Waals surface area (Å²) < 4.78 is 0. The Morgan fingerprint density at radius 3 is 2.76 bits per heavy atom. The number of nitrogens with zero attached hydrogens (tertiary/aromatic N) is 1. The quantitative estimate of drug-likeness (QED) is 0.560. The highest BCUT2D eigenvalue weighted by atomic mass is 16.4. The van der Waals surface area contributed by atoms with Crippen LogP contribution in [0, 0.1) is 6.92 Å². The van der Waals surface area contributed by atoms with Gasteiger partial charge in [0.05, 0.1) is 6.10 Å². The second kappa shape index (κ2) is 5.97. The highest BCUT2D eigenvalue weighted by Crippen LogP contribution is 2.19. The Balaban J connectivity index is 2.11. The number of anilines is 1. The third kappa shape index (κ3) is 3.41. The number of aliphatic carboxylic acids is 1. The molecule has 6 nitrogen and oxygen atoms in total. The summed E-state index contributed by atoms with van der Waals surface area (Å²) in [5, 5.41) is 18.6. The number of carboxylic acid groups (broad SMARTS) is 1. The van der Waals surface area contributed by atoms with Gasteiger partial charge < -0.3 is 20.8 Å². The Bertz CT molecular complexity index is 597. The number of carbonyl (C=O) groups excluding carboxylic acids is 1. The average molecular weight is 290 g/mol. The highest BCUT2D eigenvalue weighted by Gasteiger charge is 2.37. The Kier molecular flexibility index (Phi) is 4.28. The van der Waals surface area contributed by atoms with Crippen LogP contribution in [0.25, 0.3) is 6.08 Å². The van der Waals surface area contributed by atoms with Crippen molar-refractivity contribution < 1.29 is 19.8 Å². The van der Waals surface area contributed by atoms with Crippen LogP contribution in [0.1, 0.15) is 17.5 Å². The van der Waals surface area contributed by atoms with Crippen LogP contribution in [0.5, 0.6) is 0 Å². The Hall–Kier alpha value is -2.34. The van der Waals surface area contributed by atoms with Crippen molar-refractivity contribution >= 4 is 23.6 Å². The summed E-state index contributed by atoms with van der Waals surface area (Å²) in [5.41, 5.74) is 8.11. The summed E-state index contributed by atoms with van der Waals surface area (Å²) in [6.07, 6.45) is 2.20. The second-order valence-corrected chi connectivity index (χ2v) is 5.18. The van der Waals surface area contributed by atoms with Gasteiger partial charge in [0.15, 0.2) is 0 Å². The van der Waals surface area contributed by atoms with E-state index in [9.17, 15) is 14.7 Å². The number of amides is 1. The number of aliphatic hydroxyl groups is 1. The molecule has 2 atom stereocenters. The van der Waals surface area contributed by atoms with Crippen molar-refractivity contribution in [3.8, 4) is 0 Å². The minimum Gasteiger partial charge on any atom is -0.480 e. The molecule has 1 aliphatic rings. The minimum atomic E-state index is -1.10. The number of carbonyl (C=O) groups is 2. The van der Waals surface area contributed by atoms with Gasteiger partial charge in [-0.15, -0.1) is 0 Å². The zero-order valence-corrected chi connectivity index (χ0v) is 11.7. The lowest BCUT2D eigenvalue weighted by Crippen LogP contribution is -2.39. The number of likely N-dealkylation sites (tertiary alicyclic amines) is 1.